The minimum atomic E-state index is -0.895. The smallest absolute Gasteiger partial charge is 0.312 e. The van der Waals surface area contributed by atoms with Gasteiger partial charge in [-0.1, -0.05) is 123 Å². The Kier molecular flexibility index (Phi) is 26.2. The van der Waals surface area contributed by atoms with Crippen molar-refractivity contribution in [2.45, 2.75) is 163 Å². The zero-order valence-corrected chi connectivity index (χ0v) is 29.1. The second-order valence-electron chi connectivity index (χ2n) is 13.3. The molecule has 3 unspecified atom stereocenters. The van der Waals surface area contributed by atoms with E-state index in [0.29, 0.717) is 25.8 Å². The maximum atomic E-state index is 12.0. The minimum absolute atomic E-state index is 0.239. The van der Waals surface area contributed by atoms with Crippen LogP contribution in [0, 0.1) is 17.8 Å². The first-order valence-corrected chi connectivity index (χ1v) is 18.3. The molecule has 3 N–H and O–H groups in total. The normalized spacial score (nSPS) is 15.2. The van der Waals surface area contributed by atoms with E-state index in [1.54, 1.807) is 0 Å². The lowest BCUT2D eigenvalue weighted by Gasteiger charge is -2.43. The fourth-order valence-electron chi connectivity index (χ4n) is 6.45. The van der Waals surface area contributed by atoms with Gasteiger partial charge >= 0.3 is 17.9 Å². The van der Waals surface area contributed by atoms with Crippen LogP contribution in [0.1, 0.15) is 163 Å². The van der Waals surface area contributed by atoms with Crippen LogP contribution in [0.5, 0.6) is 0 Å². The zero-order chi connectivity index (χ0) is 33.1. The molecule has 44 heavy (non-hydrogen) atoms. The summed E-state index contributed by atoms with van der Waals surface area (Å²) in [5.41, 5.74) is 0. The second kappa shape index (κ2) is 27.4. The number of allylic oxidation sites excluding steroid dienone is 2. The first-order chi connectivity index (χ1) is 21.2. The van der Waals surface area contributed by atoms with Crippen LogP contribution in [-0.2, 0) is 14.4 Å². The number of carbonyl (C=O) groups is 3. The van der Waals surface area contributed by atoms with Crippen LogP contribution in [0.25, 0.3) is 0 Å². The third-order valence-electron chi connectivity index (χ3n) is 9.49. The molecule has 0 radical (unpaired) electrons. The van der Waals surface area contributed by atoms with Crippen molar-refractivity contribution in [3.63, 3.8) is 0 Å². The molecule has 0 aliphatic heterocycles. The highest BCUT2D eigenvalue weighted by molar-refractivity contribution is 5.71. The molecule has 0 aromatic heterocycles. The van der Waals surface area contributed by atoms with Crippen molar-refractivity contribution >= 4 is 17.9 Å². The van der Waals surface area contributed by atoms with Crippen molar-refractivity contribution in [1.29, 1.82) is 0 Å². The van der Waals surface area contributed by atoms with Gasteiger partial charge in [0, 0.05) is 0 Å². The highest BCUT2D eigenvalue weighted by atomic mass is 16.4. The fraction of sp³-hybridized carbons (Fsp3) is 0.865. The van der Waals surface area contributed by atoms with Crippen molar-refractivity contribution in [3.05, 3.63) is 12.2 Å². The van der Waals surface area contributed by atoms with Crippen LogP contribution in [0.4, 0.5) is 0 Å². The minimum Gasteiger partial charge on any atom is -0.481 e. The summed E-state index contributed by atoms with van der Waals surface area (Å²) in [6, 6.07) is 0. The second-order valence-corrected chi connectivity index (χ2v) is 13.3. The molecule has 0 aliphatic carbocycles. The van der Waals surface area contributed by atoms with Gasteiger partial charge in [0.2, 0.25) is 0 Å². The molecule has 0 rings (SSSR count). The SMILES string of the molecule is CCCCCCCCCCCCCCCC/C=C/CCCC[N+](CC(CC)C(=O)O)(CC(CC)C(=O)O)CC(CC)C(=O)O. The lowest BCUT2D eigenvalue weighted by atomic mass is 9.95. The largest absolute Gasteiger partial charge is 0.481 e. The molecule has 7 nitrogen and oxygen atoms in total. The van der Waals surface area contributed by atoms with Crippen molar-refractivity contribution < 1.29 is 34.2 Å². The van der Waals surface area contributed by atoms with Crippen molar-refractivity contribution in [3.8, 4) is 0 Å². The molecule has 0 amide bonds. The Bertz CT molecular complexity index is 707. The van der Waals surface area contributed by atoms with E-state index >= 15 is 0 Å². The van der Waals surface area contributed by atoms with E-state index in [2.05, 4.69) is 19.1 Å². The first-order valence-electron chi connectivity index (χ1n) is 18.3. The average molecular weight is 625 g/mol. The Labute approximate surface area is 270 Å². The summed E-state index contributed by atoms with van der Waals surface area (Å²) in [6.45, 7) is 9.19. The van der Waals surface area contributed by atoms with Crippen LogP contribution in [0.2, 0.25) is 0 Å². The zero-order valence-electron chi connectivity index (χ0n) is 29.1. The van der Waals surface area contributed by atoms with Crippen LogP contribution in [-0.4, -0.2) is 63.9 Å². The molecule has 0 fully saturated rings. The standard InChI is InChI=1S/C37H69NO6/c1-5-9-10-11-12-13-14-15-16-17-18-19-20-21-22-23-24-25-26-27-28-38(29-32(6-2)35(39)40,30-33(7-3)36(41)42)31-34(8-4)37(43)44/h23-24,32-34H,5-22,25-31H2,1-4H3,(H2-,39,40,41,42,43,44)/p+1/b24-23+. The molecule has 3 atom stereocenters. The lowest BCUT2D eigenvalue weighted by molar-refractivity contribution is -0.935. The van der Waals surface area contributed by atoms with E-state index in [-0.39, 0.29) is 24.1 Å². The highest BCUT2D eigenvalue weighted by Crippen LogP contribution is 2.25. The first kappa shape index (κ1) is 42.1. The summed E-state index contributed by atoms with van der Waals surface area (Å²) in [4.78, 5) is 36.0. The number of carboxylic acids is 3. The van der Waals surface area contributed by atoms with Gasteiger partial charge in [-0.3, -0.25) is 14.4 Å². The molecule has 0 aliphatic rings. The third kappa shape index (κ3) is 21.0. The van der Waals surface area contributed by atoms with E-state index < -0.39 is 35.7 Å². The molecule has 0 aromatic rings. The monoisotopic (exact) mass is 625 g/mol. The quantitative estimate of drug-likeness (QED) is 0.0390. The number of quaternary nitrogens is 1. The molecule has 7 heteroatoms. The summed E-state index contributed by atoms with van der Waals surface area (Å²) in [7, 11) is 0. The van der Waals surface area contributed by atoms with Crippen molar-refractivity contribution in [2.24, 2.45) is 17.8 Å². The number of nitrogens with zero attached hydrogens (tertiary/aromatic N) is 1. The summed E-state index contributed by atoms with van der Waals surface area (Å²) in [5, 5.41) is 29.5. The Morgan fingerprint density at radius 3 is 1.07 bits per heavy atom. The fourth-order valence-corrected chi connectivity index (χ4v) is 6.45. The molecule has 0 aromatic carbocycles. The summed E-state index contributed by atoms with van der Waals surface area (Å²) in [5.74, 6) is -4.57. The average Bonchev–Trinajstić information content (AvgIpc) is 2.99. The van der Waals surface area contributed by atoms with E-state index in [0.717, 1.165) is 25.7 Å². The van der Waals surface area contributed by atoms with Crippen LogP contribution in [0.15, 0.2) is 12.2 Å². The Morgan fingerprint density at radius 2 is 0.773 bits per heavy atom. The highest BCUT2D eigenvalue weighted by Gasteiger charge is 2.40. The molecule has 0 heterocycles. The van der Waals surface area contributed by atoms with Gasteiger partial charge in [0.25, 0.3) is 0 Å². The third-order valence-corrected chi connectivity index (χ3v) is 9.49. The molecule has 258 valence electrons. The number of unbranched alkanes of at least 4 members (excludes halogenated alkanes) is 16. The molecule has 0 saturated carbocycles. The Balaban J connectivity index is 4.62. The molecule has 0 bridgehead atoms. The predicted molar refractivity (Wildman–Crippen MR) is 182 cm³/mol. The van der Waals surface area contributed by atoms with Gasteiger partial charge in [-0.25, -0.2) is 0 Å². The van der Waals surface area contributed by atoms with Gasteiger partial charge in [-0.15, -0.1) is 0 Å². The topological polar surface area (TPSA) is 112 Å². The van der Waals surface area contributed by atoms with E-state index in [4.69, 9.17) is 0 Å². The van der Waals surface area contributed by atoms with Crippen molar-refractivity contribution in [2.75, 3.05) is 26.2 Å². The van der Waals surface area contributed by atoms with E-state index in [9.17, 15) is 29.7 Å². The van der Waals surface area contributed by atoms with Gasteiger partial charge in [-0.05, 0) is 51.4 Å². The number of hydrogen-bond acceptors (Lipinski definition) is 3. The van der Waals surface area contributed by atoms with Crippen LogP contribution < -0.4 is 0 Å². The molecular formula is C37H70NO6+. The summed E-state index contributed by atoms with van der Waals surface area (Å²) < 4.78 is 0.239. The summed E-state index contributed by atoms with van der Waals surface area (Å²) >= 11 is 0. The van der Waals surface area contributed by atoms with Gasteiger partial charge in [0.1, 0.15) is 17.8 Å². The van der Waals surface area contributed by atoms with Gasteiger partial charge in [0.15, 0.2) is 0 Å². The van der Waals surface area contributed by atoms with Crippen LogP contribution in [0.3, 0.4) is 0 Å². The molecular weight excluding hydrogens is 554 g/mol. The molecule has 0 saturated heterocycles. The summed E-state index contributed by atoms with van der Waals surface area (Å²) in [6.07, 6.45) is 28.7. The number of aliphatic carboxylic acids is 3. The van der Waals surface area contributed by atoms with E-state index in [1.165, 1.54) is 89.9 Å². The lowest BCUT2D eigenvalue weighted by Crippen LogP contribution is -2.58. The molecule has 0 spiro atoms. The maximum Gasteiger partial charge on any atom is 0.312 e. The van der Waals surface area contributed by atoms with Gasteiger partial charge in [0.05, 0.1) is 26.2 Å². The predicted octanol–water partition coefficient (Wildman–Crippen LogP) is 9.73. The maximum absolute atomic E-state index is 12.0. The number of hydrogen-bond donors (Lipinski definition) is 3. The van der Waals surface area contributed by atoms with Crippen LogP contribution >= 0.6 is 0 Å². The van der Waals surface area contributed by atoms with Crippen molar-refractivity contribution in [1.82, 2.24) is 0 Å². The van der Waals surface area contributed by atoms with Gasteiger partial charge < -0.3 is 19.8 Å². The van der Waals surface area contributed by atoms with E-state index in [1.807, 2.05) is 20.8 Å². The Hall–Kier alpha value is -1.89. The number of rotatable bonds is 32. The van der Waals surface area contributed by atoms with Gasteiger partial charge in [-0.2, -0.15) is 0 Å². The Morgan fingerprint density at radius 1 is 0.477 bits per heavy atom. The number of carboxylic acid groups (broad SMARTS) is 3.